The van der Waals surface area contributed by atoms with Gasteiger partial charge < -0.3 is 14.7 Å². The van der Waals surface area contributed by atoms with Gasteiger partial charge in [-0.05, 0) is 50.4 Å². The monoisotopic (exact) mass is 370 g/mol. The average molecular weight is 370 g/mol. The standard InChI is InChI=1S/C21H26N2O4/c1-21(2,3)23(20(25)26)18-12-15(19(24)9-10-22(4)5)11-14-7-8-16(27-6)13-17(14)18/h7-13H,1-6H3,(H,25,26)/b10-9+. The van der Waals surface area contributed by atoms with Crippen LogP contribution in [0.15, 0.2) is 42.6 Å². The van der Waals surface area contributed by atoms with E-state index in [0.717, 1.165) is 5.39 Å². The number of benzene rings is 2. The van der Waals surface area contributed by atoms with E-state index in [1.807, 2.05) is 40.9 Å². The molecule has 27 heavy (non-hydrogen) atoms. The molecule has 0 saturated heterocycles. The van der Waals surface area contributed by atoms with Crippen LogP contribution in [0, 0.1) is 0 Å². The summed E-state index contributed by atoms with van der Waals surface area (Å²) < 4.78 is 5.30. The van der Waals surface area contributed by atoms with E-state index in [1.54, 1.807) is 42.5 Å². The molecule has 1 amide bonds. The number of ketones is 1. The van der Waals surface area contributed by atoms with Crippen molar-refractivity contribution in [2.24, 2.45) is 0 Å². The van der Waals surface area contributed by atoms with E-state index in [0.29, 0.717) is 22.4 Å². The van der Waals surface area contributed by atoms with E-state index in [4.69, 9.17) is 4.74 Å². The Morgan fingerprint density at radius 2 is 1.78 bits per heavy atom. The number of amides is 1. The number of hydrogen-bond acceptors (Lipinski definition) is 4. The molecule has 1 N–H and O–H groups in total. The fourth-order valence-electron chi connectivity index (χ4n) is 2.84. The fraction of sp³-hybridized carbons (Fsp3) is 0.333. The number of hydrogen-bond donors (Lipinski definition) is 1. The van der Waals surface area contributed by atoms with Gasteiger partial charge in [0.15, 0.2) is 5.78 Å². The highest BCUT2D eigenvalue weighted by Gasteiger charge is 2.30. The Bertz CT molecular complexity index is 895. The summed E-state index contributed by atoms with van der Waals surface area (Å²) in [6.45, 7) is 5.44. The van der Waals surface area contributed by atoms with Crippen LogP contribution in [0.5, 0.6) is 5.75 Å². The van der Waals surface area contributed by atoms with Crippen molar-refractivity contribution >= 4 is 28.3 Å². The molecular weight excluding hydrogens is 344 g/mol. The molecule has 0 aromatic heterocycles. The Morgan fingerprint density at radius 1 is 1.11 bits per heavy atom. The van der Waals surface area contributed by atoms with Gasteiger partial charge >= 0.3 is 6.09 Å². The lowest BCUT2D eigenvalue weighted by Gasteiger charge is -2.34. The van der Waals surface area contributed by atoms with Gasteiger partial charge in [0, 0.05) is 42.9 Å². The van der Waals surface area contributed by atoms with Crippen LogP contribution < -0.4 is 9.64 Å². The van der Waals surface area contributed by atoms with Crippen molar-refractivity contribution in [1.82, 2.24) is 4.90 Å². The third-order valence-corrected chi connectivity index (χ3v) is 4.05. The van der Waals surface area contributed by atoms with Crippen LogP contribution in [-0.2, 0) is 0 Å². The van der Waals surface area contributed by atoms with E-state index in [1.165, 1.54) is 11.0 Å². The second kappa shape index (κ2) is 7.70. The average Bonchev–Trinajstić information content (AvgIpc) is 2.57. The minimum Gasteiger partial charge on any atom is -0.497 e. The van der Waals surface area contributed by atoms with Crippen molar-refractivity contribution in [2.75, 3.05) is 26.1 Å². The Morgan fingerprint density at radius 3 is 2.30 bits per heavy atom. The zero-order valence-electron chi connectivity index (χ0n) is 16.6. The maximum atomic E-state index is 12.6. The number of nitrogens with zero attached hydrogens (tertiary/aromatic N) is 2. The van der Waals surface area contributed by atoms with Crippen LogP contribution in [0.1, 0.15) is 31.1 Å². The van der Waals surface area contributed by atoms with Crippen LogP contribution in [0.3, 0.4) is 0 Å². The van der Waals surface area contributed by atoms with Gasteiger partial charge in [-0.1, -0.05) is 6.07 Å². The van der Waals surface area contributed by atoms with Crippen molar-refractivity contribution in [3.63, 3.8) is 0 Å². The van der Waals surface area contributed by atoms with Crippen molar-refractivity contribution < 1.29 is 19.4 Å². The highest BCUT2D eigenvalue weighted by molar-refractivity contribution is 6.11. The van der Waals surface area contributed by atoms with Gasteiger partial charge in [0.1, 0.15) is 5.75 Å². The third-order valence-electron chi connectivity index (χ3n) is 4.05. The molecule has 6 heteroatoms. The van der Waals surface area contributed by atoms with Crippen LogP contribution in [0.2, 0.25) is 0 Å². The van der Waals surface area contributed by atoms with Gasteiger partial charge in [0.05, 0.1) is 12.8 Å². The minimum atomic E-state index is -1.08. The number of rotatable bonds is 5. The fourth-order valence-corrected chi connectivity index (χ4v) is 2.84. The Hall–Kier alpha value is -3.02. The zero-order valence-corrected chi connectivity index (χ0v) is 16.6. The molecule has 0 bridgehead atoms. The van der Waals surface area contributed by atoms with E-state index >= 15 is 0 Å². The summed E-state index contributed by atoms with van der Waals surface area (Å²) in [5.41, 5.74) is 0.187. The van der Waals surface area contributed by atoms with E-state index < -0.39 is 11.6 Å². The number of methoxy groups -OCH3 is 1. The topological polar surface area (TPSA) is 70.1 Å². The van der Waals surface area contributed by atoms with Gasteiger partial charge in [-0.15, -0.1) is 0 Å². The maximum absolute atomic E-state index is 12.6. The Balaban J connectivity index is 2.77. The SMILES string of the molecule is COc1ccc2cc(C(=O)/C=C/N(C)C)cc(N(C(=O)O)C(C)(C)C)c2c1. The van der Waals surface area contributed by atoms with E-state index in [-0.39, 0.29) is 5.78 Å². The molecule has 2 aromatic rings. The molecule has 0 aliphatic carbocycles. The summed E-state index contributed by atoms with van der Waals surface area (Å²) in [5.74, 6) is 0.427. The molecule has 0 heterocycles. The zero-order chi connectivity index (χ0) is 20.4. The molecule has 0 spiro atoms. The molecule has 0 fully saturated rings. The summed E-state index contributed by atoms with van der Waals surface area (Å²) >= 11 is 0. The van der Waals surface area contributed by atoms with Gasteiger partial charge in [-0.3, -0.25) is 9.69 Å². The van der Waals surface area contributed by atoms with Gasteiger partial charge in [-0.25, -0.2) is 4.79 Å². The predicted octanol–water partition coefficient (Wildman–Crippen LogP) is 4.39. The summed E-state index contributed by atoms with van der Waals surface area (Å²) in [6, 6.07) is 8.80. The lowest BCUT2D eigenvalue weighted by atomic mass is 9.98. The van der Waals surface area contributed by atoms with Crippen molar-refractivity contribution in [3.05, 3.63) is 48.2 Å². The van der Waals surface area contributed by atoms with Gasteiger partial charge in [-0.2, -0.15) is 0 Å². The molecule has 0 atom stereocenters. The highest BCUT2D eigenvalue weighted by atomic mass is 16.5. The molecule has 0 aliphatic heterocycles. The second-order valence-electron chi connectivity index (χ2n) is 7.51. The second-order valence-corrected chi connectivity index (χ2v) is 7.51. The molecule has 0 unspecified atom stereocenters. The van der Waals surface area contributed by atoms with E-state index in [2.05, 4.69) is 0 Å². The molecule has 6 nitrogen and oxygen atoms in total. The van der Waals surface area contributed by atoms with Crippen LogP contribution in [-0.4, -0.2) is 48.6 Å². The highest BCUT2D eigenvalue weighted by Crippen LogP contribution is 2.35. The molecule has 2 aromatic carbocycles. The number of allylic oxidation sites excluding steroid dienone is 1. The number of fused-ring (bicyclic) bond motifs is 1. The number of anilines is 1. The Labute approximate surface area is 159 Å². The molecular formula is C21H26N2O4. The Kier molecular flexibility index (Phi) is 5.78. The van der Waals surface area contributed by atoms with Gasteiger partial charge in [0.2, 0.25) is 0 Å². The molecule has 2 rings (SSSR count). The quantitative estimate of drug-likeness (QED) is 0.624. The summed E-state index contributed by atoms with van der Waals surface area (Å²) in [6.07, 6.45) is 2.05. The smallest absolute Gasteiger partial charge is 0.412 e. The molecule has 144 valence electrons. The molecule has 0 aliphatic rings. The van der Waals surface area contributed by atoms with Crippen molar-refractivity contribution in [2.45, 2.75) is 26.3 Å². The lowest BCUT2D eigenvalue weighted by molar-refractivity contribution is 0.104. The first-order valence-electron chi connectivity index (χ1n) is 8.58. The summed E-state index contributed by atoms with van der Waals surface area (Å²) in [4.78, 5) is 27.7. The molecule has 0 saturated carbocycles. The number of carbonyl (C=O) groups excluding carboxylic acids is 1. The third kappa shape index (κ3) is 4.58. The normalized spacial score (nSPS) is 11.6. The van der Waals surface area contributed by atoms with E-state index in [9.17, 15) is 14.7 Å². The van der Waals surface area contributed by atoms with Crippen molar-refractivity contribution in [3.8, 4) is 5.75 Å². The molecule has 0 radical (unpaired) electrons. The first kappa shape index (κ1) is 20.3. The summed E-state index contributed by atoms with van der Waals surface area (Å²) in [7, 11) is 5.21. The van der Waals surface area contributed by atoms with Gasteiger partial charge in [0.25, 0.3) is 0 Å². The number of ether oxygens (including phenoxy) is 1. The van der Waals surface area contributed by atoms with Crippen LogP contribution in [0.4, 0.5) is 10.5 Å². The first-order chi connectivity index (χ1) is 12.5. The largest absolute Gasteiger partial charge is 0.497 e. The lowest BCUT2D eigenvalue weighted by Crippen LogP contribution is -2.45. The van der Waals surface area contributed by atoms with Crippen LogP contribution in [0.25, 0.3) is 10.8 Å². The minimum absolute atomic E-state index is 0.193. The predicted molar refractivity (Wildman–Crippen MR) is 108 cm³/mol. The first-order valence-corrected chi connectivity index (χ1v) is 8.58. The summed E-state index contributed by atoms with van der Waals surface area (Å²) in [5, 5.41) is 11.3. The number of carbonyl (C=O) groups is 2. The van der Waals surface area contributed by atoms with Crippen LogP contribution >= 0.6 is 0 Å². The number of carboxylic acid groups (broad SMARTS) is 1. The van der Waals surface area contributed by atoms with Crippen molar-refractivity contribution in [1.29, 1.82) is 0 Å². The maximum Gasteiger partial charge on any atom is 0.412 e.